The Morgan fingerprint density at radius 3 is 2.75 bits per heavy atom. The van der Waals surface area contributed by atoms with Crippen molar-refractivity contribution in [2.45, 2.75) is 27.2 Å². The van der Waals surface area contributed by atoms with E-state index in [2.05, 4.69) is 37.9 Å². The highest BCUT2D eigenvalue weighted by Gasteiger charge is 2.07. The quantitative estimate of drug-likeness (QED) is 0.656. The molecule has 0 saturated carbocycles. The van der Waals surface area contributed by atoms with Gasteiger partial charge in [0.2, 0.25) is 0 Å². The molecule has 0 aliphatic rings. The second-order valence-corrected chi connectivity index (χ2v) is 5.79. The standard InChI is InChI=1S/C15H19N3OS/c1-9-6-10(2)11(3)13(7-9)19-5-4-14-18-12(8-20-14)15(16)17/h6-8H,4-5H2,1-3H3,(H3,16,17). The average molecular weight is 289 g/mol. The van der Waals surface area contributed by atoms with Crippen molar-refractivity contribution in [1.82, 2.24) is 4.98 Å². The topological polar surface area (TPSA) is 72.0 Å². The van der Waals surface area contributed by atoms with Gasteiger partial charge in [0.25, 0.3) is 0 Å². The van der Waals surface area contributed by atoms with Gasteiger partial charge in [0.1, 0.15) is 17.3 Å². The van der Waals surface area contributed by atoms with Crippen molar-refractivity contribution in [2.24, 2.45) is 5.73 Å². The van der Waals surface area contributed by atoms with Gasteiger partial charge < -0.3 is 10.5 Å². The SMILES string of the molecule is Cc1cc(C)c(C)c(OCCc2nc(C(=N)N)cs2)c1. The van der Waals surface area contributed by atoms with Crippen LogP contribution in [0.25, 0.3) is 0 Å². The summed E-state index contributed by atoms with van der Waals surface area (Å²) in [5.41, 5.74) is 9.57. The van der Waals surface area contributed by atoms with E-state index in [0.717, 1.165) is 17.2 Å². The van der Waals surface area contributed by atoms with Crippen LogP contribution in [-0.4, -0.2) is 17.4 Å². The molecule has 2 aromatic rings. The third kappa shape index (κ3) is 3.36. The van der Waals surface area contributed by atoms with Crippen LogP contribution in [0.3, 0.4) is 0 Å². The van der Waals surface area contributed by atoms with Crippen LogP contribution in [0.2, 0.25) is 0 Å². The van der Waals surface area contributed by atoms with Crippen molar-refractivity contribution in [3.63, 3.8) is 0 Å². The van der Waals surface area contributed by atoms with Crippen molar-refractivity contribution >= 4 is 17.2 Å². The number of nitrogens with two attached hydrogens (primary N) is 1. The third-order valence-corrected chi connectivity index (χ3v) is 4.07. The largest absolute Gasteiger partial charge is 0.493 e. The predicted octanol–water partition coefficient (Wildman–Crippen LogP) is 2.97. The van der Waals surface area contributed by atoms with Crippen LogP contribution in [-0.2, 0) is 6.42 Å². The first-order valence-electron chi connectivity index (χ1n) is 6.47. The number of nitrogen functional groups attached to an aromatic ring is 1. The molecule has 0 aliphatic carbocycles. The number of amidine groups is 1. The molecule has 5 heteroatoms. The highest BCUT2D eigenvalue weighted by atomic mass is 32.1. The fourth-order valence-electron chi connectivity index (χ4n) is 1.95. The molecule has 0 spiro atoms. The second-order valence-electron chi connectivity index (χ2n) is 4.84. The van der Waals surface area contributed by atoms with Gasteiger partial charge in [-0.05, 0) is 43.5 Å². The fraction of sp³-hybridized carbons (Fsp3) is 0.333. The van der Waals surface area contributed by atoms with Crippen molar-refractivity contribution < 1.29 is 4.74 Å². The molecule has 0 radical (unpaired) electrons. The van der Waals surface area contributed by atoms with Crippen LogP contribution in [0.1, 0.15) is 27.4 Å². The molecule has 0 saturated heterocycles. The molecule has 3 N–H and O–H groups in total. The van der Waals surface area contributed by atoms with E-state index < -0.39 is 0 Å². The molecule has 0 atom stereocenters. The molecule has 106 valence electrons. The lowest BCUT2D eigenvalue weighted by atomic mass is 10.1. The summed E-state index contributed by atoms with van der Waals surface area (Å²) < 4.78 is 5.85. The van der Waals surface area contributed by atoms with Crippen LogP contribution < -0.4 is 10.5 Å². The Balaban J connectivity index is 1.97. The Hall–Kier alpha value is -1.88. The average Bonchev–Trinajstić information content (AvgIpc) is 2.84. The van der Waals surface area contributed by atoms with Gasteiger partial charge in [0.15, 0.2) is 0 Å². The maximum absolute atomic E-state index is 7.33. The molecule has 0 unspecified atom stereocenters. The summed E-state index contributed by atoms with van der Waals surface area (Å²) >= 11 is 1.51. The summed E-state index contributed by atoms with van der Waals surface area (Å²) in [7, 11) is 0. The lowest BCUT2D eigenvalue weighted by Crippen LogP contribution is -2.11. The minimum absolute atomic E-state index is 0.0126. The fourth-order valence-corrected chi connectivity index (χ4v) is 2.73. The van der Waals surface area contributed by atoms with E-state index in [1.54, 1.807) is 5.38 Å². The summed E-state index contributed by atoms with van der Waals surface area (Å²) in [4.78, 5) is 4.29. The smallest absolute Gasteiger partial charge is 0.142 e. The zero-order valence-corrected chi connectivity index (χ0v) is 12.8. The normalized spacial score (nSPS) is 10.6. The molecule has 1 heterocycles. The molecule has 0 fully saturated rings. The highest BCUT2D eigenvalue weighted by molar-refractivity contribution is 7.09. The number of nitrogens with zero attached hydrogens (tertiary/aromatic N) is 1. The number of nitrogens with one attached hydrogen (secondary N) is 1. The number of rotatable bonds is 5. The predicted molar refractivity (Wildman–Crippen MR) is 83.0 cm³/mol. The number of benzene rings is 1. The lowest BCUT2D eigenvalue weighted by molar-refractivity contribution is 0.319. The lowest BCUT2D eigenvalue weighted by Gasteiger charge is -2.11. The van der Waals surface area contributed by atoms with Crippen molar-refractivity contribution in [1.29, 1.82) is 5.41 Å². The van der Waals surface area contributed by atoms with Crippen LogP contribution >= 0.6 is 11.3 Å². The van der Waals surface area contributed by atoms with Gasteiger partial charge >= 0.3 is 0 Å². The Bertz CT molecular complexity index is 634. The maximum atomic E-state index is 7.33. The molecule has 1 aromatic heterocycles. The van der Waals surface area contributed by atoms with Gasteiger partial charge in [-0.2, -0.15) is 0 Å². The van der Waals surface area contributed by atoms with E-state index in [9.17, 15) is 0 Å². The molecule has 0 aliphatic heterocycles. The Kier molecular flexibility index (Phi) is 4.39. The molecular formula is C15H19N3OS. The zero-order chi connectivity index (χ0) is 14.7. The molecule has 4 nitrogen and oxygen atoms in total. The van der Waals surface area contributed by atoms with E-state index in [1.165, 1.54) is 28.0 Å². The van der Waals surface area contributed by atoms with Crippen molar-refractivity contribution in [3.05, 3.63) is 44.9 Å². The molecular weight excluding hydrogens is 270 g/mol. The van der Waals surface area contributed by atoms with E-state index in [-0.39, 0.29) is 5.84 Å². The van der Waals surface area contributed by atoms with Gasteiger partial charge in [-0.1, -0.05) is 6.07 Å². The summed E-state index contributed by atoms with van der Waals surface area (Å²) in [6.07, 6.45) is 0.727. The Morgan fingerprint density at radius 1 is 1.35 bits per heavy atom. The van der Waals surface area contributed by atoms with Gasteiger partial charge in [-0.3, -0.25) is 5.41 Å². The molecule has 0 bridgehead atoms. The van der Waals surface area contributed by atoms with Crippen LogP contribution in [0, 0.1) is 26.2 Å². The highest BCUT2D eigenvalue weighted by Crippen LogP contribution is 2.23. The molecule has 1 aromatic carbocycles. The molecule has 0 amide bonds. The van der Waals surface area contributed by atoms with Crippen LogP contribution in [0.5, 0.6) is 5.75 Å². The summed E-state index contributed by atoms with van der Waals surface area (Å²) in [5, 5.41) is 10.1. The minimum atomic E-state index is 0.0126. The number of thiazole rings is 1. The second kappa shape index (κ2) is 6.05. The van der Waals surface area contributed by atoms with E-state index in [0.29, 0.717) is 12.3 Å². The zero-order valence-electron chi connectivity index (χ0n) is 12.0. The molecule has 2 rings (SSSR count). The Morgan fingerprint density at radius 2 is 2.10 bits per heavy atom. The van der Waals surface area contributed by atoms with Gasteiger partial charge in [0, 0.05) is 11.8 Å². The van der Waals surface area contributed by atoms with E-state index in [1.807, 2.05) is 0 Å². The van der Waals surface area contributed by atoms with Crippen molar-refractivity contribution in [2.75, 3.05) is 6.61 Å². The van der Waals surface area contributed by atoms with Gasteiger partial charge in [-0.15, -0.1) is 11.3 Å². The summed E-state index contributed by atoms with van der Waals surface area (Å²) in [6, 6.07) is 4.22. The summed E-state index contributed by atoms with van der Waals surface area (Å²) in [6.45, 7) is 6.81. The maximum Gasteiger partial charge on any atom is 0.142 e. The van der Waals surface area contributed by atoms with Crippen LogP contribution in [0.15, 0.2) is 17.5 Å². The third-order valence-electron chi connectivity index (χ3n) is 3.17. The number of aromatic nitrogens is 1. The first-order valence-corrected chi connectivity index (χ1v) is 7.35. The van der Waals surface area contributed by atoms with E-state index in [4.69, 9.17) is 15.9 Å². The minimum Gasteiger partial charge on any atom is -0.493 e. The van der Waals surface area contributed by atoms with E-state index >= 15 is 0 Å². The molecule has 20 heavy (non-hydrogen) atoms. The monoisotopic (exact) mass is 289 g/mol. The Labute approximate surface area is 123 Å². The summed E-state index contributed by atoms with van der Waals surface area (Å²) in [5.74, 6) is 0.949. The van der Waals surface area contributed by atoms with Gasteiger partial charge in [0.05, 0.1) is 11.6 Å². The number of ether oxygens (including phenoxy) is 1. The number of hydrogen-bond donors (Lipinski definition) is 2. The van der Waals surface area contributed by atoms with Crippen molar-refractivity contribution in [3.8, 4) is 5.75 Å². The van der Waals surface area contributed by atoms with Gasteiger partial charge in [-0.25, -0.2) is 4.98 Å². The first-order chi connectivity index (χ1) is 9.47. The number of hydrogen-bond acceptors (Lipinski definition) is 4. The first kappa shape index (κ1) is 14.5. The number of aryl methyl sites for hydroxylation is 2. The van der Waals surface area contributed by atoms with Crippen LogP contribution in [0.4, 0.5) is 0 Å².